The Balaban J connectivity index is 2.09. The van der Waals surface area contributed by atoms with Gasteiger partial charge in [-0.25, -0.2) is 4.98 Å². The van der Waals surface area contributed by atoms with Crippen LogP contribution in [0.5, 0.6) is 5.75 Å². The van der Waals surface area contributed by atoms with Crippen LogP contribution < -0.4 is 15.4 Å². The third-order valence-corrected chi connectivity index (χ3v) is 5.05. The molecule has 0 spiro atoms. The van der Waals surface area contributed by atoms with Crippen molar-refractivity contribution in [2.24, 2.45) is 5.73 Å². The van der Waals surface area contributed by atoms with Gasteiger partial charge in [0.1, 0.15) is 17.3 Å². The Morgan fingerprint density at radius 1 is 1.60 bits per heavy atom. The quantitative estimate of drug-likeness (QED) is 0.945. The van der Waals surface area contributed by atoms with Crippen molar-refractivity contribution in [3.05, 3.63) is 17.2 Å². The van der Waals surface area contributed by atoms with Gasteiger partial charge in [0.05, 0.1) is 16.8 Å². The molecule has 3 rings (SSSR count). The predicted molar refractivity (Wildman–Crippen MR) is 80.7 cm³/mol. The molecule has 1 saturated heterocycles. The van der Waals surface area contributed by atoms with Crippen molar-refractivity contribution in [2.75, 3.05) is 18.6 Å². The minimum atomic E-state index is -0.306. The molecule has 1 amide bonds. The van der Waals surface area contributed by atoms with Crippen LogP contribution in [0, 0.1) is 0 Å². The van der Waals surface area contributed by atoms with Crippen LogP contribution in [0.15, 0.2) is 12.1 Å². The van der Waals surface area contributed by atoms with E-state index >= 15 is 0 Å². The van der Waals surface area contributed by atoms with Crippen molar-refractivity contribution in [3.8, 4) is 5.75 Å². The Labute approximate surface area is 125 Å². The summed E-state index contributed by atoms with van der Waals surface area (Å²) in [6, 6.07) is 3.31. The zero-order valence-electron chi connectivity index (χ0n) is 10.9. The van der Waals surface area contributed by atoms with E-state index in [1.165, 1.54) is 11.3 Å². The van der Waals surface area contributed by atoms with E-state index in [1.54, 1.807) is 19.2 Å². The van der Waals surface area contributed by atoms with E-state index in [0.717, 1.165) is 34.7 Å². The topological polar surface area (TPSA) is 68.5 Å². The van der Waals surface area contributed by atoms with E-state index < -0.39 is 0 Å². The van der Waals surface area contributed by atoms with Crippen LogP contribution in [0.1, 0.15) is 12.8 Å². The molecule has 106 valence electrons. The van der Waals surface area contributed by atoms with Gasteiger partial charge in [0, 0.05) is 6.54 Å². The summed E-state index contributed by atoms with van der Waals surface area (Å²) in [6.45, 7) is 0.785. The number of hydrogen-bond acceptors (Lipinski definition) is 5. The third kappa shape index (κ3) is 2.09. The monoisotopic (exact) mass is 311 g/mol. The summed E-state index contributed by atoms with van der Waals surface area (Å²) in [4.78, 5) is 18.0. The summed E-state index contributed by atoms with van der Waals surface area (Å²) >= 11 is 7.68. The largest absolute Gasteiger partial charge is 0.494 e. The number of anilines is 1. The highest BCUT2D eigenvalue weighted by Gasteiger charge is 2.31. The molecule has 2 heterocycles. The average molecular weight is 312 g/mol. The second-order valence-electron chi connectivity index (χ2n) is 4.68. The normalized spacial score (nSPS) is 18.7. The molecular formula is C13H14ClN3O2S. The molecule has 20 heavy (non-hydrogen) atoms. The zero-order valence-corrected chi connectivity index (χ0v) is 12.5. The lowest BCUT2D eigenvalue weighted by atomic mass is 10.2. The highest BCUT2D eigenvalue weighted by molar-refractivity contribution is 7.22. The molecule has 1 aromatic heterocycles. The van der Waals surface area contributed by atoms with Crippen LogP contribution in [-0.2, 0) is 4.79 Å². The summed E-state index contributed by atoms with van der Waals surface area (Å²) in [5.41, 5.74) is 6.18. The first kappa shape index (κ1) is 13.5. The molecule has 1 aromatic carbocycles. The van der Waals surface area contributed by atoms with E-state index in [0.29, 0.717) is 10.8 Å². The maximum atomic E-state index is 11.5. The number of amides is 1. The maximum absolute atomic E-state index is 11.5. The Morgan fingerprint density at radius 3 is 3.10 bits per heavy atom. The van der Waals surface area contributed by atoms with Crippen LogP contribution in [0.2, 0.25) is 5.02 Å². The van der Waals surface area contributed by atoms with E-state index in [9.17, 15) is 4.79 Å². The molecule has 1 fully saturated rings. The Morgan fingerprint density at radius 2 is 2.40 bits per heavy atom. The minimum Gasteiger partial charge on any atom is -0.494 e. The summed E-state index contributed by atoms with van der Waals surface area (Å²) in [7, 11) is 1.60. The maximum Gasteiger partial charge on any atom is 0.240 e. The van der Waals surface area contributed by atoms with Gasteiger partial charge >= 0.3 is 0 Å². The van der Waals surface area contributed by atoms with Crippen LogP contribution >= 0.6 is 22.9 Å². The molecule has 0 saturated carbocycles. The van der Waals surface area contributed by atoms with Crippen molar-refractivity contribution in [2.45, 2.75) is 18.9 Å². The van der Waals surface area contributed by atoms with Crippen LogP contribution in [-0.4, -0.2) is 30.6 Å². The number of nitrogens with two attached hydrogens (primary N) is 1. The number of carbonyl (C=O) groups excluding carboxylic acids is 1. The molecule has 2 N–H and O–H groups in total. The number of halogens is 1. The molecule has 0 radical (unpaired) electrons. The number of primary amides is 1. The van der Waals surface area contributed by atoms with Gasteiger partial charge < -0.3 is 15.4 Å². The molecule has 0 aliphatic carbocycles. The fourth-order valence-electron chi connectivity index (χ4n) is 2.52. The number of rotatable bonds is 3. The van der Waals surface area contributed by atoms with E-state index in [4.69, 9.17) is 22.1 Å². The average Bonchev–Trinajstić information content (AvgIpc) is 3.05. The first-order chi connectivity index (χ1) is 9.61. The summed E-state index contributed by atoms with van der Waals surface area (Å²) in [5, 5.41) is 1.41. The number of thiazole rings is 1. The number of benzene rings is 1. The van der Waals surface area contributed by atoms with Gasteiger partial charge in [-0.05, 0) is 25.0 Å². The van der Waals surface area contributed by atoms with E-state index in [-0.39, 0.29) is 11.9 Å². The lowest BCUT2D eigenvalue weighted by molar-refractivity contribution is -0.119. The lowest BCUT2D eigenvalue weighted by Gasteiger charge is -2.20. The number of aromatic nitrogens is 1. The minimum absolute atomic E-state index is 0.277. The molecule has 1 aliphatic heterocycles. The van der Waals surface area contributed by atoms with Gasteiger partial charge in [-0.3, -0.25) is 4.79 Å². The predicted octanol–water partition coefficient (Wildman–Crippen LogP) is 2.41. The van der Waals surface area contributed by atoms with Gasteiger partial charge in [-0.1, -0.05) is 22.9 Å². The van der Waals surface area contributed by atoms with Crippen molar-refractivity contribution < 1.29 is 9.53 Å². The SMILES string of the molecule is COc1ccc(Cl)c2sc(N3CCCC3C(N)=O)nc12. The smallest absolute Gasteiger partial charge is 0.240 e. The van der Waals surface area contributed by atoms with Crippen molar-refractivity contribution in [1.29, 1.82) is 0 Å². The second kappa shape index (κ2) is 5.10. The molecule has 0 bridgehead atoms. The molecule has 5 nitrogen and oxygen atoms in total. The van der Waals surface area contributed by atoms with Crippen molar-refractivity contribution in [1.82, 2.24) is 4.98 Å². The zero-order chi connectivity index (χ0) is 14.3. The third-order valence-electron chi connectivity index (χ3n) is 3.49. The van der Waals surface area contributed by atoms with Crippen LogP contribution in [0.25, 0.3) is 10.2 Å². The van der Waals surface area contributed by atoms with Crippen LogP contribution in [0.3, 0.4) is 0 Å². The van der Waals surface area contributed by atoms with Gasteiger partial charge in [0.2, 0.25) is 5.91 Å². The number of carbonyl (C=O) groups is 1. The molecular weight excluding hydrogens is 298 g/mol. The number of ether oxygens (including phenoxy) is 1. The van der Waals surface area contributed by atoms with E-state index in [1.807, 2.05) is 4.90 Å². The van der Waals surface area contributed by atoms with Gasteiger partial charge in [0.15, 0.2) is 5.13 Å². The van der Waals surface area contributed by atoms with Gasteiger partial charge in [0.25, 0.3) is 0 Å². The fraction of sp³-hybridized carbons (Fsp3) is 0.385. The Kier molecular flexibility index (Phi) is 3.43. The molecule has 7 heteroatoms. The Bertz CT molecular complexity index is 673. The molecule has 1 aliphatic rings. The summed E-state index contributed by atoms with van der Waals surface area (Å²) < 4.78 is 6.18. The first-order valence-corrected chi connectivity index (χ1v) is 7.50. The Hall–Kier alpha value is -1.53. The van der Waals surface area contributed by atoms with Crippen molar-refractivity contribution in [3.63, 3.8) is 0 Å². The van der Waals surface area contributed by atoms with Gasteiger partial charge in [-0.15, -0.1) is 0 Å². The highest BCUT2D eigenvalue weighted by Crippen LogP contribution is 2.40. The molecule has 1 unspecified atom stereocenters. The number of nitrogens with zero attached hydrogens (tertiary/aromatic N) is 2. The molecule has 2 aromatic rings. The molecule has 1 atom stereocenters. The first-order valence-electron chi connectivity index (χ1n) is 6.31. The van der Waals surface area contributed by atoms with Gasteiger partial charge in [-0.2, -0.15) is 0 Å². The van der Waals surface area contributed by atoms with E-state index in [2.05, 4.69) is 4.98 Å². The summed E-state index contributed by atoms with van der Waals surface area (Å²) in [5.74, 6) is 0.376. The fourth-order valence-corrected chi connectivity index (χ4v) is 3.85. The standard InChI is InChI=1S/C13H14ClN3O2S/c1-19-9-5-4-7(14)11-10(9)16-13(20-11)17-6-2-3-8(17)12(15)18/h4-5,8H,2-3,6H2,1H3,(H2,15,18). The summed E-state index contributed by atoms with van der Waals surface area (Å²) in [6.07, 6.45) is 1.71. The number of fused-ring (bicyclic) bond motifs is 1. The van der Waals surface area contributed by atoms with Crippen molar-refractivity contribution >= 4 is 44.2 Å². The number of hydrogen-bond donors (Lipinski definition) is 1. The highest BCUT2D eigenvalue weighted by atomic mass is 35.5. The second-order valence-corrected chi connectivity index (χ2v) is 6.06. The lowest BCUT2D eigenvalue weighted by Crippen LogP contribution is -2.40. The van der Waals surface area contributed by atoms with Crippen LogP contribution in [0.4, 0.5) is 5.13 Å². The number of methoxy groups -OCH3 is 1.